The van der Waals surface area contributed by atoms with Gasteiger partial charge in [-0.05, 0) is 30.5 Å². The zero-order valence-corrected chi connectivity index (χ0v) is 13.2. The molecular formula is C15H22ClNOS. The second-order valence-corrected chi connectivity index (χ2v) is 6.74. The molecule has 0 radical (unpaired) electrons. The van der Waals surface area contributed by atoms with Gasteiger partial charge in [0.25, 0.3) is 0 Å². The molecular weight excluding hydrogens is 278 g/mol. The van der Waals surface area contributed by atoms with Crippen LogP contribution in [0.5, 0.6) is 0 Å². The third kappa shape index (κ3) is 4.99. The van der Waals surface area contributed by atoms with E-state index in [0.717, 1.165) is 29.5 Å². The first kappa shape index (κ1) is 15.2. The van der Waals surface area contributed by atoms with Crippen LogP contribution in [0.4, 0.5) is 0 Å². The molecule has 0 aromatic heterocycles. The highest BCUT2D eigenvalue weighted by molar-refractivity contribution is 7.99. The van der Waals surface area contributed by atoms with Gasteiger partial charge >= 0.3 is 0 Å². The maximum absolute atomic E-state index is 6.32. The fraction of sp³-hybridized carbons (Fsp3) is 0.600. The molecule has 1 heterocycles. The number of thioether (sulfide) groups is 1. The van der Waals surface area contributed by atoms with Crippen molar-refractivity contribution in [3.8, 4) is 0 Å². The van der Waals surface area contributed by atoms with Crippen molar-refractivity contribution in [1.29, 1.82) is 0 Å². The van der Waals surface area contributed by atoms with Crippen LogP contribution in [0.2, 0.25) is 5.02 Å². The second-order valence-electron chi connectivity index (χ2n) is 5.23. The summed E-state index contributed by atoms with van der Waals surface area (Å²) in [5.74, 6) is 1.03. The molecule has 1 aromatic carbocycles. The minimum Gasteiger partial charge on any atom is -0.377 e. The molecule has 1 fully saturated rings. The number of ether oxygens (including phenoxy) is 1. The predicted molar refractivity (Wildman–Crippen MR) is 83.1 cm³/mol. The van der Waals surface area contributed by atoms with Crippen LogP contribution in [-0.4, -0.2) is 24.5 Å². The summed E-state index contributed by atoms with van der Waals surface area (Å²) < 4.78 is 5.63. The Hall–Kier alpha value is -0.220. The van der Waals surface area contributed by atoms with Crippen molar-refractivity contribution < 1.29 is 4.74 Å². The van der Waals surface area contributed by atoms with Crippen LogP contribution in [-0.2, 0) is 11.3 Å². The van der Waals surface area contributed by atoms with E-state index in [-0.39, 0.29) is 0 Å². The van der Waals surface area contributed by atoms with Crippen LogP contribution in [0.1, 0.15) is 32.3 Å². The summed E-state index contributed by atoms with van der Waals surface area (Å²) in [5.41, 5.74) is 1.16. The maximum Gasteiger partial charge on any atom is 0.0669 e. The van der Waals surface area contributed by atoms with Crippen molar-refractivity contribution in [3.63, 3.8) is 0 Å². The number of nitrogens with one attached hydrogen (secondary N) is 1. The van der Waals surface area contributed by atoms with E-state index < -0.39 is 0 Å². The Morgan fingerprint density at radius 2 is 2.32 bits per heavy atom. The van der Waals surface area contributed by atoms with E-state index in [1.165, 1.54) is 17.7 Å². The highest BCUT2D eigenvalue weighted by atomic mass is 35.5. The number of hydrogen-bond donors (Lipinski definition) is 1. The minimum atomic E-state index is 0.422. The average Bonchev–Trinajstić information content (AvgIpc) is 2.88. The normalized spacial score (nSPS) is 19.3. The van der Waals surface area contributed by atoms with E-state index in [0.29, 0.717) is 12.1 Å². The average molecular weight is 300 g/mol. The number of halogens is 1. The molecule has 4 heteroatoms. The molecule has 0 spiro atoms. The van der Waals surface area contributed by atoms with Crippen LogP contribution in [0, 0.1) is 0 Å². The van der Waals surface area contributed by atoms with Gasteiger partial charge in [-0.2, -0.15) is 0 Å². The molecule has 1 unspecified atom stereocenters. The molecule has 1 aliphatic rings. The van der Waals surface area contributed by atoms with Gasteiger partial charge in [-0.25, -0.2) is 0 Å². The minimum absolute atomic E-state index is 0.422. The summed E-state index contributed by atoms with van der Waals surface area (Å²) in [6.07, 6.45) is 2.81. The quantitative estimate of drug-likeness (QED) is 0.799. The standard InChI is InChI=1S/C15H22ClNOS/c1-11(2)17-9-12-5-6-14(8-15(12)16)19-10-13-4-3-7-18-13/h5-6,8,11,13,17H,3-4,7,9-10H2,1-2H3. The van der Waals surface area contributed by atoms with Gasteiger partial charge in [0.05, 0.1) is 6.10 Å². The van der Waals surface area contributed by atoms with Gasteiger partial charge in [-0.15, -0.1) is 11.8 Å². The van der Waals surface area contributed by atoms with Gasteiger partial charge in [0.1, 0.15) is 0 Å². The Morgan fingerprint density at radius 1 is 1.47 bits per heavy atom. The summed E-state index contributed by atoms with van der Waals surface area (Å²) >= 11 is 8.16. The van der Waals surface area contributed by atoms with Crippen molar-refractivity contribution in [2.45, 2.75) is 50.3 Å². The van der Waals surface area contributed by atoms with E-state index in [2.05, 4.69) is 37.4 Å². The maximum atomic E-state index is 6.32. The molecule has 1 N–H and O–H groups in total. The first-order valence-corrected chi connectivity index (χ1v) is 8.27. The van der Waals surface area contributed by atoms with E-state index in [1.54, 1.807) is 0 Å². The fourth-order valence-electron chi connectivity index (χ4n) is 2.04. The van der Waals surface area contributed by atoms with E-state index in [9.17, 15) is 0 Å². The summed E-state index contributed by atoms with van der Waals surface area (Å²) in [7, 11) is 0. The summed E-state index contributed by atoms with van der Waals surface area (Å²) in [5, 5.41) is 4.24. The summed E-state index contributed by atoms with van der Waals surface area (Å²) in [6, 6.07) is 6.82. The Kier molecular flexibility index (Phi) is 6.02. The molecule has 0 aliphatic carbocycles. The lowest BCUT2D eigenvalue weighted by Crippen LogP contribution is -2.21. The number of rotatable bonds is 6. The van der Waals surface area contributed by atoms with Crippen molar-refractivity contribution in [2.24, 2.45) is 0 Å². The number of benzene rings is 1. The third-order valence-electron chi connectivity index (χ3n) is 3.19. The zero-order valence-electron chi connectivity index (χ0n) is 11.6. The second kappa shape index (κ2) is 7.53. The molecule has 2 nitrogen and oxygen atoms in total. The summed E-state index contributed by atoms with van der Waals surface area (Å²) in [6.45, 7) is 6.03. The van der Waals surface area contributed by atoms with Crippen LogP contribution in [0.25, 0.3) is 0 Å². The van der Waals surface area contributed by atoms with Gasteiger partial charge in [0, 0.05) is 34.9 Å². The molecule has 1 atom stereocenters. The molecule has 19 heavy (non-hydrogen) atoms. The predicted octanol–water partition coefficient (Wildman–Crippen LogP) is 4.11. The van der Waals surface area contributed by atoms with Crippen molar-refractivity contribution in [1.82, 2.24) is 5.32 Å². The van der Waals surface area contributed by atoms with Gasteiger partial charge in [-0.3, -0.25) is 0 Å². The molecule has 1 saturated heterocycles. The topological polar surface area (TPSA) is 21.3 Å². The molecule has 1 aromatic rings. The molecule has 1 aliphatic heterocycles. The van der Waals surface area contributed by atoms with E-state index in [4.69, 9.17) is 16.3 Å². The van der Waals surface area contributed by atoms with Crippen molar-refractivity contribution >= 4 is 23.4 Å². The smallest absolute Gasteiger partial charge is 0.0669 e. The Balaban J connectivity index is 1.86. The van der Waals surface area contributed by atoms with E-state index in [1.807, 2.05) is 11.8 Å². The lowest BCUT2D eigenvalue weighted by atomic mass is 10.2. The SMILES string of the molecule is CC(C)NCc1ccc(SCC2CCCO2)cc1Cl. The molecule has 0 bridgehead atoms. The molecule has 106 valence electrons. The largest absolute Gasteiger partial charge is 0.377 e. The lowest BCUT2D eigenvalue weighted by molar-refractivity contribution is 0.129. The van der Waals surface area contributed by atoms with Gasteiger partial charge in [0.2, 0.25) is 0 Å². The van der Waals surface area contributed by atoms with Crippen LogP contribution < -0.4 is 5.32 Å². The Morgan fingerprint density at radius 3 is 2.95 bits per heavy atom. The Bertz CT molecular complexity index is 405. The molecule has 0 amide bonds. The third-order valence-corrected chi connectivity index (χ3v) is 4.66. The van der Waals surface area contributed by atoms with Crippen LogP contribution in [0.15, 0.2) is 23.1 Å². The van der Waals surface area contributed by atoms with Crippen molar-refractivity contribution in [3.05, 3.63) is 28.8 Å². The monoisotopic (exact) mass is 299 g/mol. The van der Waals surface area contributed by atoms with Gasteiger partial charge < -0.3 is 10.1 Å². The van der Waals surface area contributed by atoms with Crippen LogP contribution in [0.3, 0.4) is 0 Å². The highest BCUT2D eigenvalue weighted by Gasteiger charge is 2.15. The van der Waals surface area contributed by atoms with Gasteiger partial charge in [0.15, 0.2) is 0 Å². The first-order chi connectivity index (χ1) is 9.15. The first-order valence-electron chi connectivity index (χ1n) is 6.91. The van der Waals surface area contributed by atoms with Gasteiger partial charge in [-0.1, -0.05) is 31.5 Å². The number of hydrogen-bond acceptors (Lipinski definition) is 3. The van der Waals surface area contributed by atoms with Crippen LogP contribution >= 0.6 is 23.4 Å². The summed E-state index contributed by atoms with van der Waals surface area (Å²) in [4.78, 5) is 1.23. The lowest BCUT2D eigenvalue weighted by Gasteiger charge is -2.12. The van der Waals surface area contributed by atoms with Crippen molar-refractivity contribution in [2.75, 3.05) is 12.4 Å². The molecule has 0 saturated carbocycles. The zero-order chi connectivity index (χ0) is 13.7. The fourth-order valence-corrected chi connectivity index (χ4v) is 3.36. The van der Waals surface area contributed by atoms with E-state index >= 15 is 0 Å². The Labute approximate surface area is 125 Å². The highest BCUT2D eigenvalue weighted by Crippen LogP contribution is 2.27. The molecule has 2 rings (SSSR count).